The fourth-order valence-electron chi connectivity index (χ4n) is 4.72. The Morgan fingerprint density at radius 3 is 2.76 bits per heavy atom. The highest BCUT2D eigenvalue weighted by atomic mass is 16.7. The van der Waals surface area contributed by atoms with Gasteiger partial charge in [-0.3, -0.25) is 9.36 Å². The molecule has 5 rings (SSSR count). The van der Waals surface area contributed by atoms with E-state index in [0.29, 0.717) is 12.3 Å². The number of likely N-dealkylation sites (N-methyl/N-ethyl adjacent to an activating group) is 1. The van der Waals surface area contributed by atoms with Crippen molar-refractivity contribution in [2.24, 2.45) is 5.92 Å². The van der Waals surface area contributed by atoms with Gasteiger partial charge in [0.15, 0.2) is 11.5 Å². The maximum atomic E-state index is 13.2. The van der Waals surface area contributed by atoms with Gasteiger partial charge in [-0.2, -0.15) is 0 Å². The summed E-state index contributed by atoms with van der Waals surface area (Å²) in [5.41, 5.74) is 3.47. The number of hydrogen-bond donors (Lipinski definition) is 0. The third-order valence-corrected chi connectivity index (χ3v) is 6.02. The SMILES string of the molecule is CN1CCc2c(c3cc4c(cc3n2C(=O)CC2CCCC2)OCO4)C1. The second-order valence-corrected chi connectivity index (χ2v) is 7.72. The van der Waals surface area contributed by atoms with E-state index in [1.54, 1.807) is 0 Å². The predicted octanol–water partition coefficient (Wildman–Crippen LogP) is 3.58. The van der Waals surface area contributed by atoms with Gasteiger partial charge >= 0.3 is 0 Å². The summed E-state index contributed by atoms with van der Waals surface area (Å²) in [5, 5.41) is 1.14. The lowest BCUT2D eigenvalue weighted by atomic mass is 10.0. The van der Waals surface area contributed by atoms with Gasteiger partial charge in [-0.05, 0) is 37.4 Å². The number of rotatable bonds is 2. The van der Waals surface area contributed by atoms with Crippen LogP contribution in [-0.4, -0.2) is 35.8 Å². The summed E-state index contributed by atoms with van der Waals surface area (Å²) in [4.78, 5) is 15.5. The van der Waals surface area contributed by atoms with Crippen LogP contribution in [0.3, 0.4) is 0 Å². The normalized spacial score (nSPS) is 20.4. The van der Waals surface area contributed by atoms with Crippen LogP contribution in [0.5, 0.6) is 11.5 Å². The molecule has 2 aromatic rings. The average molecular weight is 340 g/mol. The van der Waals surface area contributed by atoms with E-state index in [1.807, 2.05) is 10.6 Å². The number of fused-ring (bicyclic) bond motifs is 4. The van der Waals surface area contributed by atoms with Crippen molar-refractivity contribution in [1.82, 2.24) is 9.47 Å². The summed E-state index contributed by atoms with van der Waals surface area (Å²) in [7, 11) is 2.14. The summed E-state index contributed by atoms with van der Waals surface area (Å²) in [6, 6.07) is 4.07. The standard InChI is InChI=1S/C20H24N2O3/c1-21-7-6-16-15(11-21)14-9-18-19(25-12-24-18)10-17(14)22(16)20(23)8-13-4-2-3-5-13/h9-10,13H,2-8,11-12H2,1H3. The molecular weight excluding hydrogens is 316 g/mol. The largest absolute Gasteiger partial charge is 0.454 e. The first-order valence-electron chi connectivity index (χ1n) is 9.38. The number of carbonyl (C=O) groups excluding carboxylic acids is 1. The van der Waals surface area contributed by atoms with Crippen LogP contribution in [-0.2, 0) is 13.0 Å². The van der Waals surface area contributed by atoms with Gasteiger partial charge in [0.2, 0.25) is 12.7 Å². The van der Waals surface area contributed by atoms with E-state index in [2.05, 4.69) is 18.0 Å². The van der Waals surface area contributed by atoms with Crippen LogP contribution < -0.4 is 9.47 Å². The third kappa shape index (κ3) is 2.44. The van der Waals surface area contributed by atoms with Gasteiger partial charge in [0.1, 0.15) is 0 Å². The van der Waals surface area contributed by atoms with Crippen molar-refractivity contribution in [3.63, 3.8) is 0 Å². The van der Waals surface area contributed by atoms with Gasteiger partial charge in [-0.15, -0.1) is 0 Å². The summed E-state index contributed by atoms with van der Waals surface area (Å²) < 4.78 is 13.1. The van der Waals surface area contributed by atoms with Gasteiger partial charge in [0.05, 0.1) is 5.52 Å². The first-order chi connectivity index (χ1) is 12.2. The molecule has 0 bridgehead atoms. The first-order valence-corrected chi connectivity index (χ1v) is 9.38. The van der Waals surface area contributed by atoms with Crippen LogP contribution in [0.2, 0.25) is 0 Å². The Morgan fingerprint density at radius 2 is 1.96 bits per heavy atom. The maximum absolute atomic E-state index is 13.2. The Morgan fingerprint density at radius 1 is 1.20 bits per heavy atom. The summed E-state index contributed by atoms with van der Waals surface area (Å²) in [5.74, 6) is 2.36. The van der Waals surface area contributed by atoms with Gasteiger partial charge in [0.25, 0.3) is 0 Å². The molecule has 5 nitrogen and oxygen atoms in total. The molecule has 3 aliphatic rings. The molecular formula is C20H24N2O3. The topological polar surface area (TPSA) is 43.7 Å². The monoisotopic (exact) mass is 340 g/mol. The van der Waals surface area contributed by atoms with Crippen molar-refractivity contribution < 1.29 is 14.3 Å². The molecule has 0 unspecified atom stereocenters. The molecule has 0 spiro atoms. The molecule has 1 saturated carbocycles. The van der Waals surface area contributed by atoms with Crippen molar-refractivity contribution in [3.8, 4) is 11.5 Å². The van der Waals surface area contributed by atoms with E-state index in [9.17, 15) is 4.79 Å². The van der Waals surface area contributed by atoms with Crippen LogP contribution in [0.1, 0.15) is 48.2 Å². The molecule has 0 saturated heterocycles. The number of carbonyl (C=O) groups is 1. The van der Waals surface area contributed by atoms with Gasteiger partial charge in [-0.25, -0.2) is 0 Å². The zero-order chi connectivity index (χ0) is 17.0. The molecule has 5 heteroatoms. The van der Waals surface area contributed by atoms with Gasteiger partial charge < -0.3 is 14.4 Å². The van der Waals surface area contributed by atoms with E-state index in [0.717, 1.165) is 41.9 Å². The highest BCUT2D eigenvalue weighted by molar-refractivity contribution is 5.98. The minimum atomic E-state index is 0.251. The summed E-state index contributed by atoms with van der Waals surface area (Å²) in [6.07, 6.45) is 6.52. The van der Waals surface area contributed by atoms with Crippen LogP contribution in [0.4, 0.5) is 0 Å². The predicted molar refractivity (Wildman–Crippen MR) is 95.3 cm³/mol. The lowest BCUT2D eigenvalue weighted by Crippen LogP contribution is -2.28. The fraction of sp³-hybridized carbons (Fsp3) is 0.550. The van der Waals surface area contributed by atoms with E-state index < -0.39 is 0 Å². The highest BCUT2D eigenvalue weighted by Crippen LogP contribution is 2.41. The molecule has 1 aromatic carbocycles. The molecule has 3 heterocycles. The molecule has 1 fully saturated rings. The average Bonchev–Trinajstić information content (AvgIpc) is 3.31. The minimum absolute atomic E-state index is 0.251. The van der Waals surface area contributed by atoms with Crippen molar-refractivity contribution in [3.05, 3.63) is 23.4 Å². The van der Waals surface area contributed by atoms with Crippen LogP contribution in [0.25, 0.3) is 10.9 Å². The lowest BCUT2D eigenvalue weighted by Gasteiger charge is -2.24. The van der Waals surface area contributed by atoms with E-state index in [1.165, 1.54) is 36.9 Å². The van der Waals surface area contributed by atoms with E-state index in [4.69, 9.17) is 9.47 Å². The van der Waals surface area contributed by atoms with Crippen molar-refractivity contribution in [1.29, 1.82) is 0 Å². The van der Waals surface area contributed by atoms with E-state index in [-0.39, 0.29) is 12.7 Å². The van der Waals surface area contributed by atoms with Crippen molar-refractivity contribution in [2.45, 2.75) is 45.1 Å². The molecule has 1 aromatic heterocycles. The Balaban J connectivity index is 1.64. The zero-order valence-corrected chi connectivity index (χ0v) is 14.7. The van der Waals surface area contributed by atoms with Crippen LogP contribution >= 0.6 is 0 Å². The number of benzene rings is 1. The van der Waals surface area contributed by atoms with Crippen LogP contribution in [0, 0.1) is 5.92 Å². The first kappa shape index (κ1) is 15.3. The second kappa shape index (κ2) is 5.77. The summed E-state index contributed by atoms with van der Waals surface area (Å²) in [6.45, 7) is 2.14. The van der Waals surface area contributed by atoms with E-state index >= 15 is 0 Å². The lowest BCUT2D eigenvalue weighted by molar-refractivity contribution is 0.0881. The third-order valence-electron chi connectivity index (χ3n) is 6.02. The van der Waals surface area contributed by atoms with Crippen molar-refractivity contribution in [2.75, 3.05) is 20.4 Å². The minimum Gasteiger partial charge on any atom is -0.454 e. The van der Waals surface area contributed by atoms with Crippen LogP contribution in [0.15, 0.2) is 12.1 Å². The molecule has 25 heavy (non-hydrogen) atoms. The molecule has 1 aliphatic carbocycles. The maximum Gasteiger partial charge on any atom is 0.231 e. The Hall–Kier alpha value is -2.01. The number of nitrogens with zero attached hydrogens (tertiary/aromatic N) is 2. The summed E-state index contributed by atoms with van der Waals surface area (Å²) >= 11 is 0. The van der Waals surface area contributed by atoms with Gasteiger partial charge in [-0.1, -0.05) is 12.8 Å². The van der Waals surface area contributed by atoms with Crippen molar-refractivity contribution >= 4 is 16.8 Å². The van der Waals surface area contributed by atoms with Gasteiger partial charge in [0, 0.05) is 43.1 Å². The highest BCUT2D eigenvalue weighted by Gasteiger charge is 2.29. The quantitative estimate of drug-likeness (QED) is 0.838. The fourth-order valence-corrected chi connectivity index (χ4v) is 4.72. The molecule has 2 aliphatic heterocycles. The second-order valence-electron chi connectivity index (χ2n) is 7.72. The number of ether oxygens (including phenoxy) is 2. The Bertz CT molecular complexity index is 848. The zero-order valence-electron chi connectivity index (χ0n) is 14.7. The molecule has 0 amide bonds. The molecule has 132 valence electrons. The smallest absolute Gasteiger partial charge is 0.231 e. The number of aromatic nitrogens is 1. The Labute approximate surface area is 147 Å². The molecule has 0 atom stereocenters. The number of hydrogen-bond acceptors (Lipinski definition) is 4. The molecule has 0 radical (unpaired) electrons. The molecule has 0 N–H and O–H groups in total. The Kier molecular flexibility index (Phi) is 3.52.